The normalized spacial score (nSPS) is 12.4. The summed E-state index contributed by atoms with van der Waals surface area (Å²) in [7, 11) is -4.15. The van der Waals surface area contributed by atoms with Crippen LogP contribution in [0.3, 0.4) is 0 Å². The minimum absolute atomic E-state index is 0.00136. The van der Waals surface area contributed by atoms with E-state index in [1.807, 2.05) is 0 Å². The summed E-state index contributed by atoms with van der Waals surface area (Å²) < 4.78 is 44.4. The third-order valence-corrected chi connectivity index (χ3v) is 5.04. The zero-order valence-corrected chi connectivity index (χ0v) is 15.5. The molecule has 0 atom stereocenters. The Balaban J connectivity index is 3.29. The van der Waals surface area contributed by atoms with Crippen molar-refractivity contribution in [1.82, 2.24) is 4.31 Å². The zero-order chi connectivity index (χ0) is 17.3. The van der Waals surface area contributed by atoms with E-state index in [1.165, 1.54) is 0 Å². The first kappa shape index (κ1) is 18.9. The van der Waals surface area contributed by atoms with Crippen LogP contribution in [0.1, 0.15) is 34.6 Å². The monoisotopic (exact) mass is 395 g/mol. The predicted octanol–water partition coefficient (Wildman–Crippen LogP) is 3.92. The molecule has 8 heteroatoms. The molecule has 0 fully saturated rings. The molecule has 1 amide bonds. The number of carbonyl (C=O) groups excluding carboxylic acids is 1. The van der Waals surface area contributed by atoms with Crippen molar-refractivity contribution in [2.24, 2.45) is 0 Å². The number of hydrogen-bond acceptors (Lipinski definition) is 4. The summed E-state index contributed by atoms with van der Waals surface area (Å²) in [6.07, 6.45) is -0.969. The lowest BCUT2D eigenvalue weighted by atomic mass is 10.2. The van der Waals surface area contributed by atoms with Crippen LogP contribution >= 0.6 is 15.9 Å². The second kappa shape index (κ2) is 6.54. The molecule has 0 spiro atoms. The highest BCUT2D eigenvalue weighted by atomic mass is 79.9. The topological polar surface area (TPSA) is 63.7 Å². The smallest absolute Gasteiger partial charge is 0.424 e. The van der Waals surface area contributed by atoms with Gasteiger partial charge in [0.15, 0.2) is 0 Å². The van der Waals surface area contributed by atoms with Crippen LogP contribution in [0.25, 0.3) is 0 Å². The van der Waals surface area contributed by atoms with Gasteiger partial charge in [0.05, 0.1) is 9.37 Å². The Labute approximate surface area is 138 Å². The number of halogens is 2. The van der Waals surface area contributed by atoms with Gasteiger partial charge < -0.3 is 4.74 Å². The predicted molar refractivity (Wildman–Crippen MR) is 84.5 cm³/mol. The minimum Gasteiger partial charge on any atom is -0.443 e. The minimum atomic E-state index is -4.15. The average Bonchev–Trinajstić information content (AvgIpc) is 2.28. The van der Waals surface area contributed by atoms with Crippen molar-refractivity contribution in [2.45, 2.75) is 51.2 Å². The standard InChI is InChI=1S/C14H19BrFNO4S/c1-9(2)17(13(18)21-14(3,4)5)22(19,20)10-6-7-12(16)11(15)8-10/h6-9H,1-5H3. The van der Waals surface area contributed by atoms with Gasteiger partial charge in [0.2, 0.25) is 0 Å². The molecular formula is C14H19BrFNO4S. The van der Waals surface area contributed by atoms with E-state index in [-0.39, 0.29) is 9.37 Å². The van der Waals surface area contributed by atoms with Crippen LogP contribution in [-0.2, 0) is 14.8 Å². The van der Waals surface area contributed by atoms with Gasteiger partial charge in [-0.3, -0.25) is 0 Å². The van der Waals surface area contributed by atoms with Crippen LogP contribution in [-0.4, -0.2) is 30.5 Å². The number of ether oxygens (including phenoxy) is 1. The fourth-order valence-electron chi connectivity index (χ4n) is 1.64. The van der Waals surface area contributed by atoms with E-state index in [0.717, 1.165) is 18.2 Å². The Kier molecular flexibility index (Phi) is 5.61. The average molecular weight is 396 g/mol. The maximum Gasteiger partial charge on any atom is 0.424 e. The number of carbonyl (C=O) groups is 1. The lowest BCUT2D eigenvalue weighted by Crippen LogP contribution is -2.44. The van der Waals surface area contributed by atoms with Crippen LogP contribution in [0, 0.1) is 5.82 Å². The number of rotatable bonds is 3. The van der Waals surface area contributed by atoms with Gasteiger partial charge in [-0.2, -0.15) is 4.31 Å². The van der Waals surface area contributed by atoms with Crippen molar-refractivity contribution in [1.29, 1.82) is 0 Å². The molecule has 0 unspecified atom stereocenters. The highest BCUT2D eigenvalue weighted by Gasteiger charge is 2.35. The van der Waals surface area contributed by atoms with Crippen molar-refractivity contribution < 1.29 is 22.3 Å². The van der Waals surface area contributed by atoms with Crippen molar-refractivity contribution in [3.63, 3.8) is 0 Å². The molecule has 22 heavy (non-hydrogen) atoms. The van der Waals surface area contributed by atoms with Crippen molar-refractivity contribution in [3.8, 4) is 0 Å². The molecular weight excluding hydrogens is 377 g/mol. The van der Waals surface area contributed by atoms with Crippen LogP contribution in [0.4, 0.5) is 9.18 Å². The molecule has 1 aromatic carbocycles. The molecule has 5 nitrogen and oxygen atoms in total. The Morgan fingerprint density at radius 2 is 1.86 bits per heavy atom. The summed E-state index contributed by atoms with van der Waals surface area (Å²) in [5, 5.41) is 0. The van der Waals surface area contributed by atoms with Gasteiger partial charge in [-0.15, -0.1) is 0 Å². The van der Waals surface area contributed by atoms with Gasteiger partial charge in [0.25, 0.3) is 10.0 Å². The summed E-state index contributed by atoms with van der Waals surface area (Å²) in [4.78, 5) is 12.0. The molecule has 0 saturated heterocycles. The zero-order valence-electron chi connectivity index (χ0n) is 13.1. The fourth-order valence-corrected chi connectivity index (χ4v) is 3.70. The molecule has 0 N–H and O–H groups in total. The largest absolute Gasteiger partial charge is 0.443 e. The summed E-state index contributed by atoms with van der Waals surface area (Å²) in [6, 6.07) is 2.59. The molecule has 0 radical (unpaired) electrons. The van der Waals surface area contributed by atoms with Crippen molar-refractivity contribution in [3.05, 3.63) is 28.5 Å². The van der Waals surface area contributed by atoms with Gasteiger partial charge in [0, 0.05) is 6.04 Å². The number of amides is 1. The molecule has 0 bridgehead atoms. The van der Waals surface area contributed by atoms with E-state index in [1.54, 1.807) is 34.6 Å². The molecule has 0 heterocycles. The molecule has 0 aliphatic rings. The van der Waals surface area contributed by atoms with Gasteiger partial charge in [-0.25, -0.2) is 17.6 Å². The van der Waals surface area contributed by atoms with Crippen LogP contribution in [0.15, 0.2) is 27.6 Å². The molecule has 0 aliphatic heterocycles. The van der Waals surface area contributed by atoms with Crippen molar-refractivity contribution in [2.75, 3.05) is 0 Å². The summed E-state index contributed by atoms with van der Waals surface area (Å²) in [5.74, 6) is -0.590. The molecule has 0 aromatic heterocycles. The molecule has 124 valence electrons. The van der Waals surface area contributed by atoms with Gasteiger partial charge in [-0.05, 0) is 68.7 Å². The Hall–Kier alpha value is -1.15. The fraction of sp³-hybridized carbons (Fsp3) is 0.500. The van der Waals surface area contributed by atoms with Crippen LogP contribution < -0.4 is 0 Å². The molecule has 0 saturated carbocycles. The summed E-state index contributed by atoms with van der Waals surface area (Å²) in [5.41, 5.74) is -0.830. The Morgan fingerprint density at radius 3 is 2.27 bits per heavy atom. The van der Waals surface area contributed by atoms with Gasteiger partial charge >= 0.3 is 6.09 Å². The third-order valence-electron chi connectivity index (χ3n) is 2.49. The lowest BCUT2D eigenvalue weighted by molar-refractivity contribution is 0.0357. The van der Waals surface area contributed by atoms with E-state index in [4.69, 9.17) is 4.74 Å². The van der Waals surface area contributed by atoms with E-state index in [0.29, 0.717) is 4.31 Å². The van der Waals surface area contributed by atoms with E-state index in [9.17, 15) is 17.6 Å². The van der Waals surface area contributed by atoms with Gasteiger partial charge in [-0.1, -0.05) is 0 Å². The first-order valence-corrected chi connectivity index (χ1v) is 8.82. The molecule has 1 aromatic rings. The SMILES string of the molecule is CC(C)N(C(=O)OC(C)(C)C)S(=O)(=O)c1ccc(F)c(Br)c1. The second-order valence-corrected chi connectivity index (χ2v) is 8.62. The van der Waals surface area contributed by atoms with Gasteiger partial charge in [0.1, 0.15) is 11.4 Å². The van der Waals surface area contributed by atoms with Crippen LogP contribution in [0.5, 0.6) is 0 Å². The number of nitrogens with zero attached hydrogens (tertiary/aromatic N) is 1. The highest BCUT2D eigenvalue weighted by molar-refractivity contribution is 9.10. The number of sulfonamides is 1. The maximum absolute atomic E-state index is 13.3. The number of benzene rings is 1. The lowest BCUT2D eigenvalue weighted by Gasteiger charge is -2.29. The molecule has 1 rings (SSSR count). The summed E-state index contributed by atoms with van der Waals surface area (Å²) in [6.45, 7) is 8.04. The first-order chi connectivity index (χ1) is 9.86. The Bertz CT molecular complexity index is 668. The summed E-state index contributed by atoms with van der Waals surface area (Å²) >= 11 is 2.94. The first-order valence-electron chi connectivity index (χ1n) is 6.58. The van der Waals surface area contributed by atoms with Crippen molar-refractivity contribution >= 4 is 32.0 Å². The van der Waals surface area contributed by atoms with E-state index >= 15 is 0 Å². The third kappa shape index (κ3) is 4.42. The quantitative estimate of drug-likeness (QED) is 0.777. The molecule has 0 aliphatic carbocycles. The number of hydrogen-bond donors (Lipinski definition) is 0. The highest BCUT2D eigenvalue weighted by Crippen LogP contribution is 2.25. The Morgan fingerprint density at radius 1 is 1.32 bits per heavy atom. The van der Waals surface area contributed by atoms with Crippen LogP contribution in [0.2, 0.25) is 0 Å². The second-order valence-electron chi connectivity index (χ2n) is 5.95. The van der Waals surface area contributed by atoms with E-state index < -0.39 is 33.6 Å². The maximum atomic E-state index is 13.3. The van der Waals surface area contributed by atoms with E-state index in [2.05, 4.69) is 15.9 Å².